The molecule has 0 saturated heterocycles. The van der Waals surface area contributed by atoms with E-state index in [1.807, 2.05) is 24.3 Å². The number of nitrogens with two attached hydrogens (primary N) is 1. The molecule has 170 valence electrons. The normalized spacial score (nSPS) is 21.7. The molecule has 2 aromatic rings. The van der Waals surface area contributed by atoms with Gasteiger partial charge >= 0.3 is 0 Å². The van der Waals surface area contributed by atoms with Gasteiger partial charge in [-0.1, -0.05) is 31.4 Å². The van der Waals surface area contributed by atoms with E-state index in [0.717, 1.165) is 62.6 Å². The predicted octanol–water partition coefficient (Wildman–Crippen LogP) is 4.51. The summed E-state index contributed by atoms with van der Waals surface area (Å²) in [6.45, 7) is 0.578. The molecule has 6 heteroatoms. The zero-order valence-electron chi connectivity index (χ0n) is 18.7. The van der Waals surface area contributed by atoms with Crippen molar-refractivity contribution in [2.75, 3.05) is 5.32 Å². The summed E-state index contributed by atoms with van der Waals surface area (Å²) in [5.41, 5.74) is 8.48. The Hall–Kier alpha value is -2.73. The molecule has 3 N–H and O–H groups in total. The van der Waals surface area contributed by atoms with Gasteiger partial charge in [-0.05, 0) is 68.4 Å². The molecule has 4 rings (SSSR count). The SMILES string of the molecule is NC1CCC(N(Cc2cccc(NC(=O)c3ccncc3)c2)C(=O)C2CCCCC2)CC1. The average molecular weight is 435 g/mol. The topological polar surface area (TPSA) is 88.3 Å². The minimum absolute atomic E-state index is 0.147. The third-order valence-electron chi connectivity index (χ3n) is 6.90. The Balaban J connectivity index is 1.49. The van der Waals surface area contributed by atoms with Gasteiger partial charge in [-0.2, -0.15) is 0 Å². The van der Waals surface area contributed by atoms with Gasteiger partial charge in [-0.25, -0.2) is 0 Å². The van der Waals surface area contributed by atoms with Crippen LogP contribution in [0, 0.1) is 5.92 Å². The van der Waals surface area contributed by atoms with Crippen molar-refractivity contribution in [3.8, 4) is 0 Å². The summed E-state index contributed by atoms with van der Waals surface area (Å²) in [7, 11) is 0. The smallest absolute Gasteiger partial charge is 0.255 e. The van der Waals surface area contributed by atoms with Crippen LogP contribution in [0.1, 0.15) is 73.7 Å². The first-order valence-corrected chi connectivity index (χ1v) is 12.0. The van der Waals surface area contributed by atoms with E-state index in [1.54, 1.807) is 24.5 Å². The second-order valence-electron chi connectivity index (χ2n) is 9.26. The zero-order chi connectivity index (χ0) is 22.3. The van der Waals surface area contributed by atoms with Gasteiger partial charge in [0.1, 0.15) is 0 Å². The largest absolute Gasteiger partial charge is 0.335 e. The Morgan fingerprint density at radius 3 is 2.41 bits per heavy atom. The molecule has 2 amide bonds. The lowest BCUT2D eigenvalue weighted by atomic mass is 9.85. The first kappa shape index (κ1) is 22.5. The van der Waals surface area contributed by atoms with Gasteiger partial charge in [0.15, 0.2) is 0 Å². The van der Waals surface area contributed by atoms with Crippen molar-refractivity contribution in [3.63, 3.8) is 0 Å². The fourth-order valence-electron chi connectivity index (χ4n) is 5.03. The molecule has 1 heterocycles. The number of amides is 2. The number of pyridine rings is 1. The molecule has 0 bridgehead atoms. The molecule has 0 atom stereocenters. The number of aromatic nitrogens is 1. The fraction of sp³-hybridized carbons (Fsp3) is 0.500. The minimum atomic E-state index is -0.166. The van der Waals surface area contributed by atoms with Crippen molar-refractivity contribution >= 4 is 17.5 Å². The maximum absolute atomic E-state index is 13.6. The van der Waals surface area contributed by atoms with Crippen LogP contribution in [0.15, 0.2) is 48.8 Å². The van der Waals surface area contributed by atoms with Crippen LogP contribution in [0.4, 0.5) is 5.69 Å². The lowest BCUT2D eigenvalue weighted by Crippen LogP contribution is -2.46. The quantitative estimate of drug-likeness (QED) is 0.700. The maximum Gasteiger partial charge on any atom is 0.255 e. The summed E-state index contributed by atoms with van der Waals surface area (Å²) in [6, 6.07) is 11.7. The maximum atomic E-state index is 13.6. The van der Waals surface area contributed by atoms with Gasteiger partial charge in [0.05, 0.1) is 0 Å². The molecule has 2 aliphatic rings. The molecule has 0 radical (unpaired) electrons. The van der Waals surface area contributed by atoms with Gasteiger partial charge in [0.2, 0.25) is 5.91 Å². The second-order valence-corrected chi connectivity index (χ2v) is 9.26. The highest BCUT2D eigenvalue weighted by molar-refractivity contribution is 6.04. The second kappa shape index (κ2) is 10.7. The van der Waals surface area contributed by atoms with Crippen LogP contribution in [0.2, 0.25) is 0 Å². The molecule has 1 aromatic heterocycles. The molecule has 1 aromatic carbocycles. The van der Waals surface area contributed by atoms with Crippen molar-refractivity contribution in [1.82, 2.24) is 9.88 Å². The number of rotatable bonds is 6. The number of benzene rings is 1. The number of nitrogens with zero attached hydrogens (tertiary/aromatic N) is 2. The number of hydrogen-bond donors (Lipinski definition) is 2. The summed E-state index contributed by atoms with van der Waals surface area (Å²) in [5.74, 6) is 0.284. The molecule has 0 unspecified atom stereocenters. The number of anilines is 1. The highest BCUT2D eigenvalue weighted by Gasteiger charge is 2.32. The Labute approximate surface area is 190 Å². The average Bonchev–Trinajstić information content (AvgIpc) is 2.84. The Morgan fingerprint density at radius 1 is 0.969 bits per heavy atom. The van der Waals surface area contributed by atoms with Gasteiger partial charge in [0.25, 0.3) is 5.91 Å². The molecule has 32 heavy (non-hydrogen) atoms. The molecule has 2 saturated carbocycles. The predicted molar refractivity (Wildman–Crippen MR) is 126 cm³/mol. The molecule has 0 aliphatic heterocycles. The Morgan fingerprint density at radius 2 is 1.69 bits per heavy atom. The van der Waals surface area contributed by atoms with E-state index < -0.39 is 0 Å². The minimum Gasteiger partial charge on any atom is -0.335 e. The lowest BCUT2D eigenvalue weighted by Gasteiger charge is -2.39. The highest BCUT2D eigenvalue weighted by atomic mass is 16.2. The Kier molecular flexibility index (Phi) is 7.53. The third kappa shape index (κ3) is 5.74. The number of carbonyl (C=O) groups excluding carboxylic acids is 2. The van der Waals surface area contributed by atoms with Gasteiger partial charge in [-0.15, -0.1) is 0 Å². The summed E-state index contributed by atoms with van der Waals surface area (Å²) >= 11 is 0. The van der Waals surface area contributed by atoms with E-state index in [2.05, 4.69) is 15.2 Å². The summed E-state index contributed by atoms with van der Waals surface area (Å²) < 4.78 is 0. The molecule has 2 aliphatic carbocycles. The standard InChI is InChI=1S/C26H34N4O2/c27-22-9-11-24(12-10-22)30(26(32)21-6-2-1-3-7-21)18-19-5-4-8-23(17-19)29-25(31)20-13-15-28-16-14-20/h4-5,8,13-17,21-22,24H,1-3,6-7,9-12,18,27H2,(H,29,31). The number of carbonyl (C=O) groups is 2. The van der Waals surface area contributed by atoms with Crippen LogP contribution in [-0.4, -0.2) is 33.8 Å². The highest BCUT2D eigenvalue weighted by Crippen LogP contribution is 2.30. The van der Waals surface area contributed by atoms with E-state index >= 15 is 0 Å². The van der Waals surface area contributed by atoms with Gasteiger partial charge in [-0.3, -0.25) is 14.6 Å². The van der Waals surface area contributed by atoms with Crippen LogP contribution in [0.25, 0.3) is 0 Å². The molecular weight excluding hydrogens is 400 g/mol. The lowest BCUT2D eigenvalue weighted by molar-refractivity contribution is -0.140. The van der Waals surface area contributed by atoms with Crippen molar-refractivity contribution in [1.29, 1.82) is 0 Å². The number of hydrogen-bond acceptors (Lipinski definition) is 4. The third-order valence-corrected chi connectivity index (χ3v) is 6.90. The summed E-state index contributed by atoms with van der Waals surface area (Å²) in [5, 5.41) is 2.96. The number of nitrogens with one attached hydrogen (secondary N) is 1. The Bertz CT molecular complexity index is 903. The summed E-state index contributed by atoms with van der Waals surface area (Å²) in [6.07, 6.45) is 12.6. The fourth-order valence-corrected chi connectivity index (χ4v) is 5.03. The van der Waals surface area contributed by atoms with E-state index in [1.165, 1.54) is 6.42 Å². The molecule has 2 fully saturated rings. The molecular formula is C26H34N4O2. The van der Waals surface area contributed by atoms with Crippen LogP contribution in [0.3, 0.4) is 0 Å². The van der Waals surface area contributed by atoms with E-state index in [0.29, 0.717) is 18.0 Å². The van der Waals surface area contributed by atoms with Crippen LogP contribution < -0.4 is 11.1 Å². The van der Waals surface area contributed by atoms with Crippen LogP contribution in [-0.2, 0) is 11.3 Å². The van der Waals surface area contributed by atoms with Crippen molar-refractivity contribution in [2.45, 2.75) is 76.4 Å². The molecule has 0 spiro atoms. The van der Waals surface area contributed by atoms with Crippen LogP contribution in [0.5, 0.6) is 0 Å². The van der Waals surface area contributed by atoms with Crippen molar-refractivity contribution < 1.29 is 9.59 Å². The molecule has 6 nitrogen and oxygen atoms in total. The van der Waals surface area contributed by atoms with E-state index in [4.69, 9.17) is 5.73 Å². The van der Waals surface area contributed by atoms with Gasteiger partial charge in [0, 0.05) is 48.2 Å². The van der Waals surface area contributed by atoms with Crippen LogP contribution >= 0.6 is 0 Å². The van der Waals surface area contributed by atoms with Crippen molar-refractivity contribution in [3.05, 3.63) is 59.9 Å². The summed E-state index contributed by atoms with van der Waals surface area (Å²) in [4.78, 5) is 32.2. The monoisotopic (exact) mass is 434 g/mol. The van der Waals surface area contributed by atoms with Crippen molar-refractivity contribution in [2.24, 2.45) is 11.7 Å². The zero-order valence-corrected chi connectivity index (χ0v) is 18.7. The van der Waals surface area contributed by atoms with E-state index in [9.17, 15) is 9.59 Å². The van der Waals surface area contributed by atoms with Gasteiger partial charge < -0.3 is 16.0 Å². The van der Waals surface area contributed by atoms with E-state index in [-0.39, 0.29) is 23.9 Å². The first-order valence-electron chi connectivity index (χ1n) is 12.0. The first-order chi connectivity index (χ1) is 15.6.